The maximum Gasteiger partial charge on any atom is 0.258 e. The third-order valence-corrected chi connectivity index (χ3v) is 2.77. The first-order chi connectivity index (χ1) is 9.33. The highest BCUT2D eigenvalue weighted by Gasteiger charge is 2.02. The summed E-state index contributed by atoms with van der Waals surface area (Å²) >= 11 is 0. The maximum atomic E-state index is 11.5. The zero-order chi connectivity index (χ0) is 13.1. The van der Waals surface area contributed by atoms with E-state index in [1.165, 1.54) is 6.33 Å². The van der Waals surface area contributed by atoms with Gasteiger partial charge < -0.3 is 9.72 Å². The van der Waals surface area contributed by atoms with Gasteiger partial charge in [-0.15, -0.1) is 0 Å². The summed E-state index contributed by atoms with van der Waals surface area (Å²) in [5, 5.41) is 0.554. The fraction of sp³-hybridized carbons (Fsp3) is 0.0714. The highest BCUT2D eigenvalue weighted by molar-refractivity contribution is 5.78. The van der Waals surface area contributed by atoms with Crippen LogP contribution in [0.15, 0.2) is 53.8 Å². The molecule has 0 bridgehead atoms. The van der Waals surface area contributed by atoms with E-state index in [-0.39, 0.29) is 5.56 Å². The summed E-state index contributed by atoms with van der Waals surface area (Å²) < 4.78 is 5.66. The molecule has 19 heavy (non-hydrogen) atoms. The second-order valence-electron chi connectivity index (χ2n) is 4.05. The van der Waals surface area contributed by atoms with Crippen LogP contribution in [0, 0.1) is 0 Å². The second kappa shape index (κ2) is 4.89. The van der Waals surface area contributed by atoms with Crippen molar-refractivity contribution in [3.8, 4) is 5.75 Å². The Labute approximate surface area is 108 Å². The molecule has 2 aromatic heterocycles. The molecule has 0 spiro atoms. The van der Waals surface area contributed by atoms with Crippen molar-refractivity contribution in [2.75, 3.05) is 0 Å². The minimum Gasteiger partial charge on any atom is -0.489 e. The van der Waals surface area contributed by atoms with Gasteiger partial charge in [0, 0.05) is 18.5 Å². The lowest BCUT2D eigenvalue weighted by Crippen LogP contribution is -2.06. The third kappa shape index (κ3) is 2.44. The Morgan fingerprint density at radius 3 is 2.84 bits per heavy atom. The number of nitrogens with one attached hydrogen (secondary N) is 1. The van der Waals surface area contributed by atoms with Crippen molar-refractivity contribution < 1.29 is 4.74 Å². The van der Waals surface area contributed by atoms with E-state index in [9.17, 15) is 4.79 Å². The molecule has 0 fully saturated rings. The molecule has 1 N–H and O–H groups in total. The molecule has 0 amide bonds. The lowest BCUT2D eigenvalue weighted by atomic mass is 10.2. The van der Waals surface area contributed by atoms with Gasteiger partial charge in [-0.25, -0.2) is 4.98 Å². The fourth-order valence-electron chi connectivity index (χ4n) is 1.78. The molecular weight excluding hydrogens is 242 g/mol. The first-order valence-electron chi connectivity index (χ1n) is 5.82. The molecule has 0 aliphatic rings. The van der Waals surface area contributed by atoms with Crippen LogP contribution in [0.5, 0.6) is 5.75 Å². The summed E-state index contributed by atoms with van der Waals surface area (Å²) in [5.41, 5.74) is 1.51. The first kappa shape index (κ1) is 11.4. The van der Waals surface area contributed by atoms with Crippen LogP contribution in [0.25, 0.3) is 10.9 Å². The number of ether oxygens (including phenoxy) is 1. The summed E-state index contributed by atoms with van der Waals surface area (Å²) in [6.45, 7) is 0.456. The molecule has 0 aliphatic carbocycles. The molecule has 0 radical (unpaired) electrons. The van der Waals surface area contributed by atoms with Crippen molar-refractivity contribution in [1.29, 1.82) is 0 Å². The van der Waals surface area contributed by atoms with Crippen LogP contribution in [0.3, 0.4) is 0 Å². The van der Waals surface area contributed by atoms with Gasteiger partial charge in [0.05, 0.1) is 17.2 Å². The van der Waals surface area contributed by atoms with Gasteiger partial charge in [-0.1, -0.05) is 0 Å². The van der Waals surface area contributed by atoms with Gasteiger partial charge >= 0.3 is 0 Å². The number of hydrogen-bond donors (Lipinski definition) is 1. The lowest BCUT2D eigenvalue weighted by molar-refractivity contribution is 0.306. The van der Waals surface area contributed by atoms with E-state index in [1.54, 1.807) is 30.6 Å². The van der Waals surface area contributed by atoms with Crippen LogP contribution < -0.4 is 10.3 Å². The quantitative estimate of drug-likeness (QED) is 0.774. The van der Waals surface area contributed by atoms with E-state index in [2.05, 4.69) is 15.0 Å². The van der Waals surface area contributed by atoms with Gasteiger partial charge in [-0.05, 0) is 29.8 Å². The van der Waals surface area contributed by atoms with E-state index in [0.717, 1.165) is 5.56 Å². The van der Waals surface area contributed by atoms with Gasteiger partial charge in [0.1, 0.15) is 12.4 Å². The van der Waals surface area contributed by atoms with E-state index in [4.69, 9.17) is 4.74 Å². The molecule has 94 valence electrons. The summed E-state index contributed by atoms with van der Waals surface area (Å²) in [7, 11) is 0. The molecule has 1 aromatic carbocycles. The number of nitrogens with zero attached hydrogens (tertiary/aromatic N) is 2. The van der Waals surface area contributed by atoms with Crippen molar-refractivity contribution in [3.63, 3.8) is 0 Å². The summed E-state index contributed by atoms with van der Waals surface area (Å²) in [6, 6.07) is 9.02. The molecule has 0 atom stereocenters. The van der Waals surface area contributed by atoms with Crippen LogP contribution in [-0.2, 0) is 6.61 Å². The second-order valence-corrected chi connectivity index (χ2v) is 4.05. The molecule has 0 aliphatic heterocycles. The number of rotatable bonds is 3. The standard InChI is InChI=1S/C14H11N3O2/c18-14-12-2-1-11(7-13(12)16-9-17-14)19-8-10-3-5-15-6-4-10/h1-7,9H,8H2,(H,16,17,18). The number of fused-ring (bicyclic) bond motifs is 1. The molecule has 2 heterocycles. The molecule has 5 nitrogen and oxygen atoms in total. The van der Waals surface area contributed by atoms with Crippen molar-refractivity contribution in [2.24, 2.45) is 0 Å². The Morgan fingerprint density at radius 1 is 1.16 bits per heavy atom. The summed E-state index contributed by atoms with van der Waals surface area (Å²) in [4.78, 5) is 22.1. The molecule has 0 saturated carbocycles. The Bertz CT molecular complexity index is 753. The van der Waals surface area contributed by atoms with Crippen LogP contribution in [-0.4, -0.2) is 15.0 Å². The highest BCUT2D eigenvalue weighted by Crippen LogP contribution is 2.17. The van der Waals surface area contributed by atoms with Crippen molar-refractivity contribution in [3.05, 3.63) is 65.0 Å². The fourth-order valence-corrected chi connectivity index (χ4v) is 1.78. The Balaban J connectivity index is 1.84. The van der Waals surface area contributed by atoms with E-state index >= 15 is 0 Å². The van der Waals surface area contributed by atoms with Gasteiger partial charge in [0.25, 0.3) is 5.56 Å². The minimum absolute atomic E-state index is 0.148. The average Bonchev–Trinajstić information content (AvgIpc) is 2.46. The minimum atomic E-state index is -0.148. The lowest BCUT2D eigenvalue weighted by Gasteiger charge is -2.06. The SMILES string of the molecule is O=c1[nH]cnc2cc(OCc3ccncc3)ccc12. The van der Waals surface area contributed by atoms with Gasteiger partial charge in [-0.2, -0.15) is 0 Å². The van der Waals surface area contributed by atoms with Crippen LogP contribution in [0.4, 0.5) is 0 Å². The van der Waals surface area contributed by atoms with E-state index in [0.29, 0.717) is 23.3 Å². The van der Waals surface area contributed by atoms with E-state index in [1.807, 2.05) is 12.1 Å². The predicted molar refractivity (Wildman–Crippen MR) is 70.9 cm³/mol. The van der Waals surface area contributed by atoms with Gasteiger partial charge in [-0.3, -0.25) is 9.78 Å². The highest BCUT2D eigenvalue weighted by atomic mass is 16.5. The number of aromatic nitrogens is 3. The molecular formula is C14H11N3O2. The number of pyridine rings is 1. The monoisotopic (exact) mass is 253 g/mol. The number of aromatic amines is 1. The normalized spacial score (nSPS) is 10.5. The number of benzene rings is 1. The first-order valence-corrected chi connectivity index (χ1v) is 5.82. The number of H-pyrrole nitrogens is 1. The van der Waals surface area contributed by atoms with E-state index < -0.39 is 0 Å². The zero-order valence-electron chi connectivity index (χ0n) is 10.0. The van der Waals surface area contributed by atoms with Crippen molar-refractivity contribution in [1.82, 2.24) is 15.0 Å². The van der Waals surface area contributed by atoms with Gasteiger partial charge in [0.2, 0.25) is 0 Å². The average molecular weight is 253 g/mol. The number of hydrogen-bond acceptors (Lipinski definition) is 4. The molecule has 3 aromatic rings. The third-order valence-electron chi connectivity index (χ3n) is 2.77. The largest absolute Gasteiger partial charge is 0.489 e. The predicted octanol–water partition coefficient (Wildman–Crippen LogP) is 1.90. The Morgan fingerprint density at radius 2 is 2.00 bits per heavy atom. The smallest absolute Gasteiger partial charge is 0.258 e. The topological polar surface area (TPSA) is 67.9 Å². The summed E-state index contributed by atoms with van der Waals surface area (Å²) in [6.07, 6.45) is 4.83. The van der Waals surface area contributed by atoms with Crippen molar-refractivity contribution in [2.45, 2.75) is 6.61 Å². The zero-order valence-corrected chi connectivity index (χ0v) is 10.0. The molecule has 0 unspecified atom stereocenters. The molecule has 0 saturated heterocycles. The van der Waals surface area contributed by atoms with Crippen LogP contribution in [0.2, 0.25) is 0 Å². The molecule has 5 heteroatoms. The Kier molecular flexibility index (Phi) is 2.94. The van der Waals surface area contributed by atoms with Crippen LogP contribution >= 0.6 is 0 Å². The van der Waals surface area contributed by atoms with Crippen LogP contribution in [0.1, 0.15) is 5.56 Å². The van der Waals surface area contributed by atoms with Crippen molar-refractivity contribution >= 4 is 10.9 Å². The Hall–Kier alpha value is -2.69. The summed E-state index contributed by atoms with van der Waals surface area (Å²) in [5.74, 6) is 0.683. The maximum absolute atomic E-state index is 11.5. The van der Waals surface area contributed by atoms with Gasteiger partial charge in [0.15, 0.2) is 0 Å². The molecule has 3 rings (SSSR count).